The minimum Gasteiger partial charge on any atom is -0.352 e. The third-order valence-electron chi connectivity index (χ3n) is 4.75. The molecule has 7 nitrogen and oxygen atoms in total. The number of piperidine rings is 1. The molecule has 1 aliphatic rings. The molecule has 0 saturated carbocycles. The molecule has 0 radical (unpaired) electrons. The number of benzene rings is 1. The molecule has 3 N–H and O–H groups in total. The van der Waals surface area contributed by atoms with E-state index in [4.69, 9.17) is 0 Å². The van der Waals surface area contributed by atoms with Crippen LogP contribution in [0.3, 0.4) is 0 Å². The molecule has 0 aliphatic carbocycles. The highest BCUT2D eigenvalue weighted by Gasteiger charge is 2.34. The molecular weight excluding hydrogens is 356 g/mol. The van der Waals surface area contributed by atoms with Gasteiger partial charge in [0, 0.05) is 30.7 Å². The summed E-state index contributed by atoms with van der Waals surface area (Å²) in [5.41, 5.74) is 0.526. The summed E-state index contributed by atoms with van der Waals surface area (Å²) >= 11 is 0. The molecule has 1 unspecified atom stereocenters. The van der Waals surface area contributed by atoms with E-state index in [0.717, 1.165) is 0 Å². The highest BCUT2D eigenvalue weighted by atomic mass is 16.2. The predicted molar refractivity (Wildman–Crippen MR) is 109 cm³/mol. The van der Waals surface area contributed by atoms with E-state index in [-0.39, 0.29) is 35.8 Å². The Morgan fingerprint density at radius 3 is 2.00 bits per heavy atom. The van der Waals surface area contributed by atoms with Gasteiger partial charge in [-0.15, -0.1) is 0 Å². The molecule has 1 aliphatic heterocycles. The zero-order valence-corrected chi connectivity index (χ0v) is 17.2. The van der Waals surface area contributed by atoms with E-state index in [1.165, 1.54) is 0 Å². The fourth-order valence-corrected chi connectivity index (χ4v) is 3.36. The highest BCUT2D eigenvalue weighted by molar-refractivity contribution is 5.97. The van der Waals surface area contributed by atoms with Crippen molar-refractivity contribution < 1.29 is 14.4 Å². The van der Waals surface area contributed by atoms with Gasteiger partial charge in [-0.05, 0) is 58.6 Å². The van der Waals surface area contributed by atoms with E-state index >= 15 is 0 Å². The van der Waals surface area contributed by atoms with Crippen molar-refractivity contribution in [1.29, 1.82) is 0 Å². The van der Waals surface area contributed by atoms with Crippen molar-refractivity contribution in [3.05, 3.63) is 35.9 Å². The minimum absolute atomic E-state index is 0.0134. The van der Waals surface area contributed by atoms with Gasteiger partial charge in [0.1, 0.15) is 6.04 Å². The summed E-state index contributed by atoms with van der Waals surface area (Å²) < 4.78 is 0. The van der Waals surface area contributed by atoms with Crippen LogP contribution in [0, 0.1) is 5.92 Å². The smallest absolute Gasteiger partial charge is 0.317 e. The van der Waals surface area contributed by atoms with Crippen LogP contribution in [0.1, 0.15) is 50.9 Å². The molecule has 1 fully saturated rings. The topological polar surface area (TPSA) is 90.5 Å². The van der Waals surface area contributed by atoms with Crippen LogP contribution in [0.4, 0.5) is 4.79 Å². The lowest BCUT2D eigenvalue weighted by molar-refractivity contribution is -0.125. The highest BCUT2D eigenvalue weighted by Crippen LogP contribution is 2.22. The van der Waals surface area contributed by atoms with Gasteiger partial charge in [0.05, 0.1) is 0 Å². The average Bonchev–Trinajstić information content (AvgIpc) is 2.65. The van der Waals surface area contributed by atoms with Crippen molar-refractivity contribution in [1.82, 2.24) is 20.9 Å². The van der Waals surface area contributed by atoms with E-state index < -0.39 is 6.04 Å². The van der Waals surface area contributed by atoms with Crippen molar-refractivity contribution in [2.24, 2.45) is 5.92 Å². The molecule has 2 rings (SSSR count). The van der Waals surface area contributed by atoms with Gasteiger partial charge >= 0.3 is 6.03 Å². The maximum Gasteiger partial charge on any atom is 0.317 e. The summed E-state index contributed by atoms with van der Waals surface area (Å²) in [6.45, 7) is 8.78. The molecule has 1 heterocycles. The summed E-state index contributed by atoms with van der Waals surface area (Å²) in [6, 6.07) is 8.26. The van der Waals surface area contributed by atoms with Gasteiger partial charge in [0.25, 0.3) is 5.91 Å². The first-order chi connectivity index (χ1) is 13.3. The second-order valence-corrected chi connectivity index (χ2v) is 7.91. The van der Waals surface area contributed by atoms with Crippen LogP contribution in [0.5, 0.6) is 0 Å². The van der Waals surface area contributed by atoms with Crippen LogP contribution in [-0.4, -0.2) is 54.0 Å². The Bertz CT molecular complexity index is 667. The van der Waals surface area contributed by atoms with Crippen LogP contribution in [0.15, 0.2) is 30.3 Å². The molecule has 7 heteroatoms. The zero-order valence-electron chi connectivity index (χ0n) is 17.2. The molecule has 1 atom stereocenters. The fraction of sp³-hybridized carbons (Fsp3) is 0.571. The number of carbonyl (C=O) groups excluding carboxylic acids is 3. The second-order valence-electron chi connectivity index (χ2n) is 7.91. The van der Waals surface area contributed by atoms with E-state index in [0.29, 0.717) is 31.5 Å². The summed E-state index contributed by atoms with van der Waals surface area (Å²) in [6.07, 6.45) is 1.33. The largest absolute Gasteiger partial charge is 0.352 e. The quantitative estimate of drug-likeness (QED) is 0.697. The number of carbonyl (C=O) groups is 3. The van der Waals surface area contributed by atoms with Gasteiger partial charge in [0.15, 0.2) is 0 Å². The van der Waals surface area contributed by atoms with Gasteiger partial charge in [-0.1, -0.05) is 18.2 Å². The molecule has 28 heavy (non-hydrogen) atoms. The lowest BCUT2D eigenvalue weighted by atomic mass is 9.88. The van der Waals surface area contributed by atoms with Gasteiger partial charge in [-0.25, -0.2) is 4.79 Å². The van der Waals surface area contributed by atoms with Crippen molar-refractivity contribution in [2.45, 2.75) is 58.7 Å². The Labute approximate surface area is 167 Å². The fourth-order valence-electron chi connectivity index (χ4n) is 3.36. The molecule has 4 amide bonds. The molecule has 154 valence electrons. The SMILES string of the molecule is CC(C)NC(=O)C(NC(=O)c1ccccc1)C1CCN(C(=O)NC(C)C)CC1. The summed E-state index contributed by atoms with van der Waals surface area (Å²) in [7, 11) is 0. The number of nitrogens with zero attached hydrogens (tertiary/aromatic N) is 1. The van der Waals surface area contributed by atoms with Gasteiger partial charge < -0.3 is 20.9 Å². The zero-order chi connectivity index (χ0) is 20.7. The number of nitrogens with one attached hydrogen (secondary N) is 3. The van der Waals surface area contributed by atoms with Crippen molar-refractivity contribution in [2.75, 3.05) is 13.1 Å². The van der Waals surface area contributed by atoms with E-state index in [1.807, 2.05) is 33.8 Å². The maximum atomic E-state index is 12.8. The molecule has 0 aromatic heterocycles. The van der Waals surface area contributed by atoms with E-state index in [1.54, 1.807) is 29.2 Å². The van der Waals surface area contributed by atoms with Crippen LogP contribution >= 0.6 is 0 Å². The number of rotatable bonds is 6. The van der Waals surface area contributed by atoms with Crippen molar-refractivity contribution in [3.8, 4) is 0 Å². The third-order valence-corrected chi connectivity index (χ3v) is 4.75. The second kappa shape index (κ2) is 10.1. The number of amides is 4. The first-order valence-corrected chi connectivity index (χ1v) is 9.99. The van der Waals surface area contributed by atoms with E-state index in [9.17, 15) is 14.4 Å². The Hall–Kier alpha value is -2.57. The summed E-state index contributed by atoms with van der Waals surface area (Å²) in [5.74, 6) is -0.455. The van der Waals surface area contributed by atoms with Gasteiger partial charge in [-0.3, -0.25) is 9.59 Å². The average molecular weight is 389 g/mol. The maximum absolute atomic E-state index is 12.8. The summed E-state index contributed by atoms with van der Waals surface area (Å²) in [5, 5.41) is 8.72. The monoisotopic (exact) mass is 388 g/mol. The van der Waals surface area contributed by atoms with Gasteiger partial charge in [0.2, 0.25) is 5.91 Å². The Morgan fingerprint density at radius 2 is 1.46 bits per heavy atom. The predicted octanol–water partition coefficient (Wildman–Crippen LogP) is 2.14. The van der Waals surface area contributed by atoms with Crippen LogP contribution in [0.25, 0.3) is 0 Å². The number of hydrogen-bond acceptors (Lipinski definition) is 3. The summed E-state index contributed by atoms with van der Waals surface area (Å²) in [4.78, 5) is 39.3. The van der Waals surface area contributed by atoms with Crippen LogP contribution in [0.2, 0.25) is 0 Å². The van der Waals surface area contributed by atoms with Gasteiger partial charge in [-0.2, -0.15) is 0 Å². The molecule has 1 aromatic carbocycles. The molecule has 0 bridgehead atoms. The lowest BCUT2D eigenvalue weighted by Crippen LogP contribution is -2.55. The number of hydrogen-bond donors (Lipinski definition) is 3. The molecular formula is C21H32N4O3. The molecule has 1 aromatic rings. The molecule has 0 spiro atoms. The molecule has 1 saturated heterocycles. The first-order valence-electron chi connectivity index (χ1n) is 9.99. The Morgan fingerprint density at radius 1 is 0.893 bits per heavy atom. The lowest BCUT2D eigenvalue weighted by Gasteiger charge is -2.36. The van der Waals surface area contributed by atoms with E-state index in [2.05, 4.69) is 16.0 Å². The third kappa shape index (κ3) is 6.25. The van der Waals surface area contributed by atoms with Crippen LogP contribution < -0.4 is 16.0 Å². The Balaban J connectivity index is 2.05. The normalized spacial score (nSPS) is 16.0. The number of likely N-dealkylation sites (tertiary alicyclic amines) is 1. The first kappa shape index (κ1) is 21.7. The van der Waals surface area contributed by atoms with Crippen molar-refractivity contribution >= 4 is 17.8 Å². The van der Waals surface area contributed by atoms with Crippen molar-refractivity contribution in [3.63, 3.8) is 0 Å². The Kier molecular flexibility index (Phi) is 7.84. The van der Waals surface area contributed by atoms with Crippen LogP contribution in [-0.2, 0) is 4.79 Å². The standard InChI is InChI=1S/C21H32N4O3/c1-14(2)22-20(27)18(24-19(26)17-8-6-5-7-9-17)16-10-12-25(13-11-16)21(28)23-15(3)4/h5-9,14-16,18H,10-13H2,1-4H3,(H,22,27)(H,23,28)(H,24,26). The minimum atomic E-state index is -0.620. The number of urea groups is 1.